The lowest BCUT2D eigenvalue weighted by Crippen LogP contribution is -2.45. The molecule has 0 saturated heterocycles. The van der Waals surface area contributed by atoms with E-state index in [1.165, 1.54) is 77.0 Å². The van der Waals surface area contributed by atoms with E-state index in [0.29, 0.717) is 17.5 Å². The van der Waals surface area contributed by atoms with Gasteiger partial charge in [-0.15, -0.1) is 0 Å². The van der Waals surface area contributed by atoms with Gasteiger partial charge in [-0.05, 0) is 38.5 Å². The van der Waals surface area contributed by atoms with Crippen LogP contribution in [0.4, 0.5) is 0 Å². The summed E-state index contributed by atoms with van der Waals surface area (Å²) in [5.41, 5.74) is 0. The van der Waals surface area contributed by atoms with Crippen LogP contribution in [0, 0.1) is 0 Å². The minimum Gasteiger partial charge on any atom is -0.320 e. The number of quaternary nitrogens is 1. The highest BCUT2D eigenvalue weighted by atomic mass is 31.2. The topological polar surface area (TPSA) is 46.5 Å². The Morgan fingerprint density at radius 3 is 1.70 bits per heavy atom. The van der Waals surface area contributed by atoms with Crippen molar-refractivity contribution in [2.75, 3.05) is 27.7 Å². The Morgan fingerprint density at radius 2 is 1.23 bits per heavy atom. The van der Waals surface area contributed by atoms with Crippen LogP contribution in [0.15, 0.2) is 12.2 Å². The molecule has 0 aliphatic heterocycles. The van der Waals surface area contributed by atoms with Crippen molar-refractivity contribution in [2.24, 2.45) is 0 Å². The third kappa shape index (κ3) is 16.5. The molecular weight excluding hydrogens is 393 g/mol. The number of rotatable bonds is 21. The fourth-order valence-corrected chi connectivity index (χ4v) is 5.90. The summed E-state index contributed by atoms with van der Waals surface area (Å²) in [6.45, 7) is 4.71. The van der Waals surface area contributed by atoms with Crippen molar-refractivity contribution in [3.05, 3.63) is 12.2 Å². The molecule has 0 aromatic heterocycles. The van der Waals surface area contributed by atoms with Gasteiger partial charge >= 0.3 is 7.60 Å². The summed E-state index contributed by atoms with van der Waals surface area (Å²) in [5.74, 6) is -0.338. The summed E-state index contributed by atoms with van der Waals surface area (Å²) in [5, 5.41) is 0. The molecule has 30 heavy (non-hydrogen) atoms. The van der Waals surface area contributed by atoms with Gasteiger partial charge < -0.3 is 13.9 Å². The standard InChI is InChI=1S/C25H52NO3P/c1-6-8-9-10-11-12-13-14-15-16-17-18-19-20-21-22-24-29-30(27,28)25(23-7-2)26(3,4)5/h15-16,25H,6-14,17-24H2,1-5H3/p+1/b16-15-. The Labute approximate surface area is 188 Å². The first-order chi connectivity index (χ1) is 14.3. The van der Waals surface area contributed by atoms with Crippen LogP contribution >= 0.6 is 7.60 Å². The average molecular weight is 447 g/mol. The summed E-state index contributed by atoms with van der Waals surface area (Å²) >= 11 is 0. The minimum absolute atomic E-state index is 0.338. The van der Waals surface area contributed by atoms with E-state index in [4.69, 9.17) is 4.52 Å². The Bertz CT molecular complexity index is 460. The van der Waals surface area contributed by atoms with Crippen LogP contribution in [-0.4, -0.2) is 42.9 Å². The molecule has 0 aromatic carbocycles. The van der Waals surface area contributed by atoms with Gasteiger partial charge in [-0.2, -0.15) is 0 Å². The minimum atomic E-state index is -3.57. The lowest BCUT2D eigenvalue weighted by molar-refractivity contribution is -0.883. The van der Waals surface area contributed by atoms with Gasteiger partial charge in [-0.25, -0.2) is 0 Å². The molecule has 0 radical (unpaired) electrons. The van der Waals surface area contributed by atoms with Gasteiger partial charge in [0.05, 0.1) is 27.7 Å². The zero-order chi connectivity index (χ0) is 22.7. The first-order valence-corrected chi connectivity index (χ1v) is 14.3. The molecular formula is C25H53NO3P+. The highest BCUT2D eigenvalue weighted by Gasteiger charge is 2.41. The Kier molecular flexibility index (Phi) is 18.3. The molecule has 1 N–H and O–H groups in total. The zero-order valence-corrected chi connectivity index (χ0v) is 21.8. The Hall–Kier alpha value is -0.150. The molecule has 0 rings (SSSR count). The molecule has 4 nitrogen and oxygen atoms in total. The summed E-state index contributed by atoms with van der Waals surface area (Å²) in [4.78, 5) is 10.4. The van der Waals surface area contributed by atoms with E-state index in [2.05, 4.69) is 19.1 Å². The second kappa shape index (κ2) is 18.4. The number of nitrogens with zero attached hydrogens (tertiary/aromatic N) is 1. The number of hydrogen-bond donors (Lipinski definition) is 1. The van der Waals surface area contributed by atoms with E-state index in [-0.39, 0.29) is 5.78 Å². The van der Waals surface area contributed by atoms with Crippen molar-refractivity contribution in [3.63, 3.8) is 0 Å². The molecule has 0 aliphatic rings. The van der Waals surface area contributed by atoms with Crippen LogP contribution in [0.3, 0.4) is 0 Å². The third-order valence-electron chi connectivity index (χ3n) is 5.75. The van der Waals surface area contributed by atoms with Crippen molar-refractivity contribution in [3.8, 4) is 0 Å². The van der Waals surface area contributed by atoms with Gasteiger partial charge in [0, 0.05) is 6.42 Å². The molecule has 0 fully saturated rings. The Balaban J connectivity index is 3.62. The van der Waals surface area contributed by atoms with Gasteiger partial charge in [-0.1, -0.05) is 83.8 Å². The van der Waals surface area contributed by atoms with Crippen molar-refractivity contribution in [1.82, 2.24) is 0 Å². The summed E-state index contributed by atoms with van der Waals surface area (Å²) in [7, 11) is 2.34. The molecule has 2 unspecified atom stereocenters. The SMILES string of the molecule is CCCCCCCCC/C=C\CCCCCCCOP(=O)(O)C(CCC)[N+](C)(C)C. The lowest BCUT2D eigenvalue weighted by Gasteiger charge is -2.35. The van der Waals surface area contributed by atoms with Crippen molar-refractivity contribution in [2.45, 2.75) is 122 Å². The van der Waals surface area contributed by atoms with E-state index in [0.717, 1.165) is 19.3 Å². The number of hydrogen-bond acceptors (Lipinski definition) is 2. The molecule has 5 heteroatoms. The largest absolute Gasteiger partial charge is 0.385 e. The maximum absolute atomic E-state index is 12.6. The zero-order valence-electron chi connectivity index (χ0n) is 20.9. The molecule has 0 aromatic rings. The van der Waals surface area contributed by atoms with Gasteiger partial charge in [0.2, 0.25) is 0 Å². The van der Waals surface area contributed by atoms with Gasteiger partial charge in [-0.3, -0.25) is 4.57 Å². The van der Waals surface area contributed by atoms with Crippen molar-refractivity contribution in [1.29, 1.82) is 0 Å². The monoisotopic (exact) mass is 446 g/mol. The van der Waals surface area contributed by atoms with E-state index >= 15 is 0 Å². The summed E-state index contributed by atoms with van der Waals surface area (Å²) in [6, 6.07) is 0. The second-order valence-electron chi connectivity index (χ2n) is 9.72. The van der Waals surface area contributed by atoms with E-state index in [1.807, 2.05) is 28.1 Å². The molecule has 180 valence electrons. The highest BCUT2D eigenvalue weighted by Crippen LogP contribution is 2.51. The van der Waals surface area contributed by atoms with Crippen LogP contribution in [0.2, 0.25) is 0 Å². The summed E-state index contributed by atoms with van der Waals surface area (Å²) in [6.07, 6.45) is 24.0. The van der Waals surface area contributed by atoms with Crippen LogP contribution in [0.1, 0.15) is 117 Å². The quantitative estimate of drug-likeness (QED) is 0.0839. The van der Waals surface area contributed by atoms with Gasteiger partial charge in [0.15, 0.2) is 5.78 Å². The third-order valence-corrected chi connectivity index (χ3v) is 8.01. The maximum Gasteiger partial charge on any atom is 0.385 e. The first kappa shape index (κ1) is 29.9. The normalized spacial score (nSPS) is 15.5. The fraction of sp³-hybridized carbons (Fsp3) is 0.920. The van der Waals surface area contributed by atoms with Gasteiger partial charge in [0.25, 0.3) is 0 Å². The Morgan fingerprint density at radius 1 is 0.767 bits per heavy atom. The predicted octanol–water partition coefficient (Wildman–Crippen LogP) is 8.06. The smallest absolute Gasteiger partial charge is 0.320 e. The van der Waals surface area contributed by atoms with E-state index in [1.54, 1.807) is 0 Å². The first-order valence-electron chi connectivity index (χ1n) is 12.7. The van der Waals surface area contributed by atoms with E-state index < -0.39 is 7.60 Å². The number of unbranched alkanes of at least 4 members (excludes halogenated alkanes) is 12. The predicted molar refractivity (Wildman–Crippen MR) is 132 cm³/mol. The molecule has 0 saturated carbocycles. The summed E-state index contributed by atoms with van der Waals surface area (Å²) < 4.78 is 18.6. The maximum atomic E-state index is 12.6. The lowest BCUT2D eigenvalue weighted by atomic mass is 10.1. The average Bonchev–Trinajstić information content (AvgIpc) is 2.67. The van der Waals surface area contributed by atoms with Crippen molar-refractivity contribution >= 4 is 7.60 Å². The number of allylic oxidation sites excluding steroid dienone is 2. The van der Waals surface area contributed by atoms with Gasteiger partial charge in [0.1, 0.15) is 0 Å². The van der Waals surface area contributed by atoms with Crippen LogP contribution in [0.5, 0.6) is 0 Å². The molecule has 0 bridgehead atoms. The molecule has 0 amide bonds. The van der Waals surface area contributed by atoms with Crippen LogP contribution < -0.4 is 0 Å². The molecule has 0 aliphatic carbocycles. The fourth-order valence-electron chi connectivity index (χ4n) is 3.88. The molecule has 0 heterocycles. The van der Waals surface area contributed by atoms with Crippen molar-refractivity contribution < 1.29 is 18.5 Å². The molecule has 0 spiro atoms. The van der Waals surface area contributed by atoms with E-state index in [9.17, 15) is 9.46 Å². The second-order valence-corrected chi connectivity index (χ2v) is 11.7. The van der Waals surface area contributed by atoms with Crippen LogP contribution in [0.25, 0.3) is 0 Å². The van der Waals surface area contributed by atoms with Crippen LogP contribution in [-0.2, 0) is 9.09 Å². The highest BCUT2D eigenvalue weighted by molar-refractivity contribution is 7.53. The molecule has 2 atom stereocenters.